The molecule has 190 valence electrons. The molecule has 2 rings (SSSR count). The zero-order valence-electron chi connectivity index (χ0n) is 16.7. The summed E-state index contributed by atoms with van der Waals surface area (Å²) in [6, 6.07) is 7.02. The van der Waals surface area contributed by atoms with Crippen LogP contribution in [0.4, 0.5) is 54.0 Å². The van der Waals surface area contributed by atoms with Crippen LogP contribution < -0.4 is 10.9 Å². The molecule has 1 heterocycles. The van der Waals surface area contributed by atoms with E-state index in [9.17, 15) is 57.9 Å². The number of carbonyl (C=O) groups excluding carboxylic acids is 1. The molecule has 1 amide bonds. The normalized spacial score (nSPS) is 15.2. The average Bonchev–Trinajstić information content (AvgIpc) is 2.89. The Morgan fingerprint density at radius 3 is 1.82 bits per heavy atom. The molecule has 0 aliphatic rings. The van der Waals surface area contributed by atoms with Crippen molar-refractivity contribution in [3.63, 3.8) is 0 Å². The van der Waals surface area contributed by atoms with Crippen molar-refractivity contribution >= 4 is 11.6 Å². The number of rotatable bonds is 6. The summed E-state index contributed by atoms with van der Waals surface area (Å²) in [7, 11) is 1.15. The number of hydrogen-bond acceptors (Lipinski definition) is 3. The number of carbonyl (C=O) groups is 1. The summed E-state index contributed by atoms with van der Waals surface area (Å²) in [5.74, 6) is -17.1. The Morgan fingerprint density at radius 2 is 1.38 bits per heavy atom. The predicted octanol–water partition coefficient (Wildman–Crippen LogP) is 4.46. The average molecular weight is 515 g/mol. The molecule has 0 fully saturated rings. The van der Waals surface area contributed by atoms with E-state index < -0.39 is 47.4 Å². The molecule has 0 saturated carbocycles. The van der Waals surface area contributed by atoms with Crippen LogP contribution in [0.3, 0.4) is 0 Å². The lowest BCUT2D eigenvalue weighted by atomic mass is 10.2. The molecule has 0 saturated heterocycles. The third-order valence-electron chi connectivity index (χ3n) is 4.44. The minimum absolute atomic E-state index is 0.0773. The second-order valence-electron chi connectivity index (χ2n) is 6.67. The summed E-state index contributed by atoms with van der Waals surface area (Å²) in [5, 5.41) is 0.997. The summed E-state index contributed by atoms with van der Waals surface area (Å²) in [5.41, 5.74) is -2.75. The van der Waals surface area contributed by atoms with Crippen molar-refractivity contribution < 1.29 is 57.8 Å². The highest BCUT2D eigenvalue weighted by molar-refractivity contribution is 5.97. The van der Waals surface area contributed by atoms with Crippen molar-refractivity contribution in [2.24, 2.45) is 7.05 Å². The number of halogens is 11. The van der Waals surface area contributed by atoms with Crippen LogP contribution in [0.5, 0.6) is 0 Å². The van der Waals surface area contributed by atoms with E-state index in [-0.39, 0.29) is 11.4 Å². The Balaban J connectivity index is 2.54. The fourth-order valence-electron chi connectivity index (χ4n) is 2.54. The summed E-state index contributed by atoms with van der Waals surface area (Å²) in [6.45, 7) is 1.01. The van der Waals surface area contributed by atoms with E-state index in [1.165, 1.54) is 30.3 Å². The Bertz CT molecular complexity index is 1120. The van der Waals surface area contributed by atoms with Crippen molar-refractivity contribution in [3.05, 3.63) is 46.4 Å². The highest BCUT2D eigenvalue weighted by atomic mass is 19.4. The van der Waals surface area contributed by atoms with Gasteiger partial charge in [-0.25, -0.2) is 4.68 Å². The standard InChI is InChI=1S/C17H12F11N3O3/c1-8-10(11(32)31(30(8)2)9-6-4-3-5-7-9)29-12(33)13(18,15(21,22)23)34-17(27,28)14(19,20)16(24,25)26/h3-7H,1-2H3,(H,29,33)/t13-/m0/s1. The van der Waals surface area contributed by atoms with Crippen LogP contribution in [0.2, 0.25) is 0 Å². The lowest BCUT2D eigenvalue weighted by Crippen LogP contribution is -2.62. The van der Waals surface area contributed by atoms with E-state index in [1.807, 2.05) is 0 Å². The monoisotopic (exact) mass is 515 g/mol. The van der Waals surface area contributed by atoms with E-state index in [1.54, 1.807) is 0 Å². The topological polar surface area (TPSA) is 65.3 Å². The number of benzene rings is 1. The van der Waals surface area contributed by atoms with Crippen molar-refractivity contribution in [1.82, 2.24) is 9.36 Å². The number of nitrogens with zero attached hydrogens (tertiary/aromatic N) is 2. The zero-order valence-corrected chi connectivity index (χ0v) is 16.7. The third kappa shape index (κ3) is 4.35. The molecule has 17 heteroatoms. The molecule has 34 heavy (non-hydrogen) atoms. The van der Waals surface area contributed by atoms with Gasteiger partial charge in [0.1, 0.15) is 5.69 Å². The van der Waals surface area contributed by atoms with E-state index in [2.05, 4.69) is 4.74 Å². The third-order valence-corrected chi connectivity index (χ3v) is 4.44. The van der Waals surface area contributed by atoms with Crippen LogP contribution in [0, 0.1) is 6.92 Å². The first-order valence-electron chi connectivity index (χ1n) is 8.62. The van der Waals surface area contributed by atoms with Gasteiger partial charge in [-0.3, -0.25) is 19.0 Å². The van der Waals surface area contributed by atoms with Gasteiger partial charge in [0.15, 0.2) is 0 Å². The van der Waals surface area contributed by atoms with Crippen LogP contribution in [0.25, 0.3) is 5.69 Å². The highest BCUT2D eigenvalue weighted by Crippen LogP contribution is 2.51. The quantitative estimate of drug-likeness (QED) is 0.579. The fraction of sp³-hybridized carbons (Fsp3) is 0.412. The Labute approximate surface area is 181 Å². The van der Waals surface area contributed by atoms with Gasteiger partial charge >= 0.3 is 30.2 Å². The molecule has 0 spiro atoms. The zero-order chi connectivity index (χ0) is 26.5. The van der Waals surface area contributed by atoms with Crippen molar-refractivity contribution in [1.29, 1.82) is 0 Å². The van der Waals surface area contributed by atoms with E-state index >= 15 is 0 Å². The number of nitrogens with one attached hydrogen (secondary N) is 1. The second-order valence-corrected chi connectivity index (χ2v) is 6.67. The van der Waals surface area contributed by atoms with Crippen LogP contribution in [-0.2, 0) is 16.6 Å². The molecule has 0 unspecified atom stereocenters. The first kappa shape index (κ1) is 27.1. The SMILES string of the molecule is Cc1c(NC(=O)[C@](F)(OC(F)(F)C(F)(F)C(F)(F)F)C(F)(F)F)c(=O)n(-c2ccccc2)n1C. The van der Waals surface area contributed by atoms with Gasteiger partial charge in [-0.1, -0.05) is 18.2 Å². The van der Waals surface area contributed by atoms with Gasteiger partial charge in [-0.05, 0) is 19.1 Å². The lowest BCUT2D eigenvalue weighted by Gasteiger charge is -2.34. The number of aromatic nitrogens is 2. The number of para-hydroxylation sites is 1. The molecule has 6 nitrogen and oxygen atoms in total. The molecule has 1 N–H and O–H groups in total. The molecule has 0 radical (unpaired) electrons. The van der Waals surface area contributed by atoms with Crippen molar-refractivity contribution in [2.45, 2.75) is 37.2 Å². The first-order chi connectivity index (χ1) is 15.2. The van der Waals surface area contributed by atoms with Gasteiger partial charge in [0.2, 0.25) is 0 Å². The predicted molar refractivity (Wildman–Crippen MR) is 91.3 cm³/mol. The minimum Gasteiger partial charge on any atom is -0.315 e. The van der Waals surface area contributed by atoms with Gasteiger partial charge < -0.3 is 5.32 Å². The maximum Gasteiger partial charge on any atom is 0.462 e. The van der Waals surface area contributed by atoms with Gasteiger partial charge in [0.05, 0.1) is 11.4 Å². The number of anilines is 1. The molecular formula is C17H12F11N3O3. The number of amides is 1. The number of hydrogen-bond donors (Lipinski definition) is 1. The van der Waals surface area contributed by atoms with Crippen LogP contribution in [0.1, 0.15) is 5.69 Å². The van der Waals surface area contributed by atoms with Crippen LogP contribution in [0.15, 0.2) is 35.1 Å². The molecule has 2 aromatic rings. The van der Waals surface area contributed by atoms with Crippen molar-refractivity contribution in [2.75, 3.05) is 5.32 Å². The highest BCUT2D eigenvalue weighted by Gasteiger charge is 2.79. The van der Waals surface area contributed by atoms with Crippen molar-refractivity contribution in [3.8, 4) is 5.69 Å². The minimum atomic E-state index is -7.33. The van der Waals surface area contributed by atoms with Gasteiger partial charge in [-0.15, -0.1) is 0 Å². The van der Waals surface area contributed by atoms with E-state index in [0.717, 1.165) is 28.7 Å². The molecule has 0 aliphatic heterocycles. The maximum atomic E-state index is 14.4. The molecule has 0 aliphatic carbocycles. The smallest absolute Gasteiger partial charge is 0.315 e. The first-order valence-corrected chi connectivity index (χ1v) is 8.62. The van der Waals surface area contributed by atoms with E-state index in [0.29, 0.717) is 0 Å². The molecule has 1 aromatic carbocycles. The molecular weight excluding hydrogens is 503 g/mol. The van der Waals surface area contributed by atoms with E-state index in [4.69, 9.17) is 0 Å². The molecule has 0 bridgehead atoms. The summed E-state index contributed by atoms with van der Waals surface area (Å²) < 4.78 is 147. The maximum absolute atomic E-state index is 14.4. The summed E-state index contributed by atoms with van der Waals surface area (Å²) >= 11 is 0. The molecule has 1 atom stereocenters. The Hall–Kier alpha value is -3.11. The summed E-state index contributed by atoms with van der Waals surface area (Å²) in [6.07, 6.45) is -21.3. The van der Waals surface area contributed by atoms with Gasteiger partial charge in [0.25, 0.3) is 11.5 Å². The largest absolute Gasteiger partial charge is 0.462 e. The number of ether oxygens (including phenoxy) is 1. The molecule has 1 aromatic heterocycles. The lowest BCUT2D eigenvalue weighted by molar-refractivity contribution is -0.472. The Kier molecular flexibility index (Phi) is 6.61. The van der Waals surface area contributed by atoms with Gasteiger partial charge in [0, 0.05) is 7.05 Å². The fourth-order valence-corrected chi connectivity index (χ4v) is 2.54. The summed E-state index contributed by atoms with van der Waals surface area (Å²) in [4.78, 5) is 24.5. The number of alkyl halides is 11. The second kappa shape index (κ2) is 8.28. The van der Waals surface area contributed by atoms with Crippen LogP contribution >= 0.6 is 0 Å². The van der Waals surface area contributed by atoms with Gasteiger partial charge in [-0.2, -0.15) is 48.3 Å². The Morgan fingerprint density at radius 1 is 0.882 bits per heavy atom. The van der Waals surface area contributed by atoms with Crippen LogP contribution in [-0.4, -0.2) is 45.5 Å².